The summed E-state index contributed by atoms with van der Waals surface area (Å²) in [5.41, 5.74) is 3.23. The molecule has 0 saturated carbocycles. The third kappa shape index (κ3) is 4.67. The highest BCUT2D eigenvalue weighted by Crippen LogP contribution is 2.26. The van der Waals surface area contributed by atoms with E-state index in [9.17, 15) is 8.42 Å². The second kappa shape index (κ2) is 8.97. The summed E-state index contributed by atoms with van der Waals surface area (Å²) in [5, 5.41) is 0. The maximum Gasteiger partial charge on any atom is 0.243 e. The molecule has 2 aromatic rings. The lowest BCUT2D eigenvalue weighted by Crippen LogP contribution is -2.48. The van der Waals surface area contributed by atoms with Gasteiger partial charge in [-0.2, -0.15) is 4.31 Å². The van der Waals surface area contributed by atoms with Crippen LogP contribution in [0.4, 0.5) is 5.69 Å². The third-order valence-electron chi connectivity index (χ3n) is 5.18. The Kier molecular flexibility index (Phi) is 6.62. The van der Waals surface area contributed by atoms with Crippen molar-refractivity contribution in [3.05, 3.63) is 53.6 Å². The highest BCUT2D eigenvalue weighted by molar-refractivity contribution is 7.89. The number of hydrogen-bond donors (Lipinski definition) is 0. The number of hydrogen-bond acceptors (Lipinski definition) is 4. The first-order chi connectivity index (χ1) is 13.4. The van der Waals surface area contributed by atoms with E-state index in [-0.39, 0.29) is 0 Å². The number of aryl methyl sites for hydroxylation is 2. The normalized spacial score (nSPS) is 15.6. The van der Waals surface area contributed by atoms with Crippen LogP contribution in [-0.2, 0) is 10.0 Å². The van der Waals surface area contributed by atoms with E-state index in [1.54, 1.807) is 22.5 Å². The Morgan fingerprint density at radius 2 is 1.64 bits per heavy atom. The average Bonchev–Trinajstić information content (AvgIpc) is 2.70. The molecule has 0 atom stereocenters. The van der Waals surface area contributed by atoms with Crippen molar-refractivity contribution >= 4 is 15.7 Å². The zero-order valence-electron chi connectivity index (χ0n) is 17.0. The van der Waals surface area contributed by atoms with E-state index in [4.69, 9.17) is 4.74 Å². The summed E-state index contributed by atoms with van der Waals surface area (Å²) < 4.78 is 33.5. The molecule has 0 spiro atoms. The topological polar surface area (TPSA) is 49.9 Å². The van der Waals surface area contributed by atoms with Crippen LogP contribution < -0.4 is 9.64 Å². The van der Waals surface area contributed by atoms with Gasteiger partial charge in [0.25, 0.3) is 0 Å². The fourth-order valence-corrected chi connectivity index (χ4v) is 4.87. The lowest BCUT2D eigenvalue weighted by atomic mass is 10.2. The van der Waals surface area contributed by atoms with Crippen molar-refractivity contribution in [2.45, 2.75) is 38.5 Å². The molecule has 5 nitrogen and oxygen atoms in total. The van der Waals surface area contributed by atoms with Gasteiger partial charge in [0.1, 0.15) is 5.75 Å². The van der Waals surface area contributed by atoms with Gasteiger partial charge in [0.05, 0.1) is 11.5 Å². The summed E-state index contributed by atoms with van der Waals surface area (Å²) in [6.45, 7) is 9.11. The monoisotopic (exact) mass is 402 g/mol. The van der Waals surface area contributed by atoms with Crippen LogP contribution in [0.1, 0.15) is 30.9 Å². The van der Waals surface area contributed by atoms with E-state index >= 15 is 0 Å². The Morgan fingerprint density at radius 1 is 0.964 bits per heavy atom. The second-order valence-electron chi connectivity index (χ2n) is 7.36. The first-order valence-electron chi connectivity index (χ1n) is 9.97. The minimum Gasteiger partial charge on any atom is -0.493 e. The molecular weight excluding hydrogens is 372 g/mol. The summed E-state index contributed by atoms with van der Waals surface area (Å²) in [4.78, 5) is 2.58. The Bertz CT molecular complexity index is 886. The van der Waals surface area contributed by atoms with Gasteiger partial charge in [-0.3, -0.25) is 0 Å². The number of ether oxygens (including phenoxy) is 1. The van der Waals surface area contributed by atoms with Crippen LogP contribution in [0.25, 0.3) is 0 Å². The fourth-order valence-electron chi connectivity index (χ4n) is 3.36. The number of benzene rings is 2. The number of rotatable bonds is 7. The predicted molar refractivity (Wildman–Crippen MR) is 114 cm³/mol. The minimum atomic E-state index is -3.49. The number of piperazine rings is 1. The molecule has 1 fully saturated rings. The highest BCUT2D eigenvalue weighted by atomic mass is 32.2. The van der Waals surface area contributed by atoms with Crippen LogP contribution in [0.5, 0.6) is 5.75 Å². The molecule has 0 radical (unpaired) electrons. The van der Waals surface area contributed by atoms with Gasteiger partial charge in [-0.1, -0.05) is 31.0 Å². The quantitative estimate of drug-likeness (QED) is 0.657. The number of sulfonamides is 1. The van der Waals surface area contributed by atoms with Crippen LogP contribution in [0.15, 0.2) is 47.4 Å². The van der Waals surface area contributed by atoms with E-state index in [2.05, 4.69) is 43.0 Å². The highest BCUT2D eigenvalue weighted by Gasteiger charge is 2.29. The average molecular weight is 403 g/mol. The Morgan fingerprint density at radius 3 is 2.25 bits per heavy atom. The molecule has 0 aromatic heterocycles. The molecule has 2 aromatic carbocycles. The molecule has 152 valence electrons. The molecule has 3 rings (SSSR count). The molecule has 28 heavy (non-hydrogen) atoms. The molecule has 6 heteroatoms. The van der Waals surface area contributed by atoms with Gasteiger partial charge in [0, 0.05) is 31.9 Å². The van der Waals surface area contributed by atoms with Crippen molar-refractivity contribution in [1.29, 1.82) is 0 Å². The zero-order valence-corrected chi connectivity index (χ0v) is 17.8. The van der Waals surface area contributed by atoms with E-state index < -0.39 is 10.0 Å². The van der Waals surface area contributed by atoms with Crippen molar-refractivity contribution in [3.63, 3.8) is 0 Å². The van der Waals surface area contributed by atoms with Crippen molar-refractivity contribution in [2.24, 2.45) is 0 Å². The van der Waals surface area contributed by atoms with Crippen molar-refractivity contribution in [1.82, 2.24) is 4.31 Å². The first kappa shape index (κ1) is 20.7. The minimum absolute atomic E-state index is 0.344. The van der Waals surface area contributed by atoms with Crippen molar-refractivity contribution in [3.8, 4) is 5.75 Å². The summed E-state index contributed by atoms with van der Waals surface area (Å²) in [7, 11) is -3.49. The lowest BCUT2D eigenvalue weighted by molar-refractivity contribution is 0.307. The second-order valence-corrected chi connectivity index (χ2v) is 9.29. The van der Waals surface area contributed by atoms with Crippen LogP contribution in [0.2, 0.25) is 0 Å². The number of anilines is 1. The van der Waals surface area contributed by atoms with Gasteiger partial charge < -0.3 is 9.64 Å². The van der Waals surface area contributed by atoms with E-state index in [0.29, 0.717) is 37.7 Å². The third-order valence-corrected chi connectivity index (χ3v) is 7.07. The maximum atomic E-state index is 13.1. The van der Waals surface area contributed by atoms with Crippen molar-refractivity contribution < 1.29 is 13.2 Å². The van der Waals surface area contributed by atoms with E-state index in [0.717, 1.165) is 29.8 Å². The summed E-state index contributed by atoms with van der Waals surface area (Å²) >= 11 is 0. The molecule has 0 aliphatic carbocycles. The van der Waals surface area contributed by atoms with Gasteiger partial charge >= 0.3 is 0 Å². The molecule has 1 aliphatic heterocycles. The molecule has 0 amide bonds. The van der Waals surface area contributed by atoms with Crippen LogP contribution in [-0.4, -0.2) is 45.5 Å². The van der Waals surface area contributed by atoms with Gasteiger partial charge in [0.2, 0.25) is 10.0 Å². The molecule has 1 heterocycles. The standard InChI is InChI=1S/C22H30N2O3S/c1-4-5-16-27-22-11-10-21(17-19(22)3)28(25,26)24-14-12-23(13-15-24)20-8-6-18(2)7-9-20/h6-11,17H,4-5,12-16H2,1-3H3. The zero-order chi connectivity index (χ0) is 20.1. The Balaban J connectivity index is 1.66. The van der Waals surface area contributed by atoms with Gasteiger partial charge in [-0.25, -0.2) is 8.42 Å². The van der Waals surface area contributed by atoms with Crippen molar-refractivity contribution in [2.75, 3.05) is 37.7 Å². The molecule has 1 aliphatic rings. The predicted octanol–water partition coefficient (Wildman–Crippen LogP) is 3.99. The summed E-state index contributed by atoms with van der Waals surface area (Å²) in [6.07, 6.45) is 2.06. The Hall–Kier alpha value is -2.05. The van der Waals surface area contributed by atoms with E-state index in [1.807, 2.05) is 6.92 Å². The van der Waals surface area contributed by atoms with Gasteiger partial charge in [0.15, 0.2) is 0 Å². The summed E-state index contributed by atoms with van der Waals surface area (Å²) in [6, 6.07) is 13.5. The largest absolute Gasteiger partial charge is 0.493 e. The smallest absolute Gasteiger partial charge is 0.243 e. The Labute approximate surface area is 169 Å². The summed E-state index contributed by atoms with van der Waals surface area (Å²) in [5.74, 6) is 0.761. The first-order valence-corrected chi connectivity index (χ1v) is 11.4. The molecule has 0 unspecified atom stereocenters. The fraction of sp³-hybridized carbons (Fsp3) is 0.455. The lowest BCUT2D eigenvalue weighted by Gasteiger charge is -2.35. The van der Waals surface area contributed by atoms with Crippen LogP contribution >= 0.6 is 0 Å². The van der Waals surface area contributed by atoms with Crippen LogP contribution in [0.3, 0.4) is 0 Å². The maximum absolute atomic E-state index is 13.1. The van der Waals surface area contributed by atoms with Gasteiger partial charge in [-0.15, -0.1) is 0 Å². The van der Waals surface area contributed by atoms with Crippen LogP contribution in [0, 0.1) is 13.8 Å². The van der Waals surface area contributed by atoms with E-state index in [1.165, 1.54) is 5.56 Å². The molecule has 1 saturated heterocycles. The number of nitrogens with zero attached hydrogens (tertiary/aromatic N) is 2. The molecule has 0 bridgehead atoms. The van der Waals surface area contributed by atoms with Gasteiger partial charge in [-0.05, 0) is 56.2 Å². The SMILES string of the molecule is CCCCOc1ccc(S(=O)(=O)N2CCN(c3ccc(C)cc3)CC2)cc1C. The molecular formula is C22H30N2O3S. The molecule has 0 N–H and O–H groups in total. The number of unbranched alkanes of at least 4 members (excludes halogenated alkanes) is 1.